The molecule has 4 rings (SSSR count). The van der Waals surface area contributed by atoms with Gasteiger partial charge in [0.25, 0.3) is 5.91 Å². The van der Waals surface area contributed by atoms with Gasteiger partial charge in [-0.3, -0.25) is 19.8 Å². The molecule has 2 N–H and O–H groups in total. The van der Waals surface area contributed by atoms with Crippen LogP contribution in [0.1, 0.15) is 40.2 Å². The van der Waals surface area contributed by atoms with Gasteiger partial charge >= 0.3 is 0 Å². The van der Waals surface area contributed by atoms with E-state index in [1.807, 2.05) is 6.07 Å². The lowest BCUT2D eigenvalue weighted by Crippen LogP contribution is -2.44. The summed E-state index contributed by atoms with van der Waals surface area (Å²) in [5, 5.41) is 8.17. The van der Waals surface area contributed by atoms with E-state index in [0.717, 1.165) is 32.5 Å². The summed E-state index contributed by atoms with van der Waals surface area (Å²) in [6.45, 7) is 4.63. The van der Waals surface area contributed by atoms with E-state index in [4.69, 9.17) is 4.42 Å². The second kappa shape index (κ2) is 9.89. The Labute approximate surface area is 185 Å². The predicted octanol–water partition coefficient (Wildman–Crippen LogP) is 3.62. The van der Waals surface area contributed by atoms with Gasteiger partial charge in [-0.1, -0.05) is 30.3 Å². The first-order valence-corrected chi connectivity index (χ1v) is 11.3. The lowest BCUT2D eigenvalue weighted by atomic mass is 10.0. The van der Waals surface area contributed by atoms with Gasteiger partial charge in [-0.05, 0) is 31.4 Å². The fourth-order valence-corrected chi connectivity index (χ4v) is 4.46. The number of aryl methyl sites for hydroxylation is 1. The minimum Gasteiger partial charge on any atom is -0.469 e. The molecular weight excluding hydrogens is 412 g/mol. The highest BCUT2D eigenvalue weighted by Crippen LogP contribution is 2.19. The normalized spacial score (nSPS) is 15.0. The maximum Gasteiger partial charge on any atom is 0.260 e. The van der Waals surface area contributed by atoms with Gasteiger partial charge in [-0.2, -0.15) is 0 Å². The molecule has 162 valence electrons. The molecular formula is C23H26N4O3S. The molecule has 1 aromatic carbocycles. The third-order valence-electron chi connectivity index (χ3n) is 5.42. The molecule has 1 aliphatic heterocycles. The number of benzene rings is 1. The van der Waals surface area contributed by atoms with Crippen LogP contribution in [0, 0.1) is 6.92 Å². The number of likely N-dealkylation sites (tertiary alicyclic amines) is 1. The first-order valence-electron chi connectivity index (χ1n) is 10.4. The first kappa shape index (κ1) is 21.3. The summed E-state index contributed by atoms with van der Waals surface area (Å²) in [6.07, 6.45) is 3.58. The van der Waals surface area contributed by atoms with Crippen molar-refractivity contribution in [2.75, 3.05) is 18.4 Å². The standard InChI is InChI=1S/C23H26N4O3S/c1-16-20(9-12-30-16)22(29)26-23-25-19(15-31-23)13-21(28)24-18-7-10-27(11-8-18)14-17-5-3-2-4-6-17/h2-6,9,12,15,18H,7-8,10-11,13-14H2,1H3,(H,24,28)(H,25,26,29). The summed E-state index contributed by atoms with van der Waals surface area (Å²) in [5.74, 6) is 0.262. The van der Waals surface area contributed by atoms with Crippen molar-refractivity contribution in [3.05, 3.63) is 70.6 Å². The van der Waals surface area contributed by atoms with E-state index in [-0.39, 0.29) is 24.3 Å². The smallest absolute Gasteiger partial charge is 0.260 e. The number of nitrogens with one attached hydrogen (secondary N) is 2. The van der Waals surface area contributed by atoms with Crippen LogP contribution in [-0.2, 0) is 17.8 Å². The number of hydrogen-bond acceptors (Lipinski definition) is 6. The van der Waals surface area contributed by atoms with Gasteiger partial charge in [0.2, 0.25) is 5.91 Å². The van der Waals surface area contributed by atoms with Crippen molar-refractivity contribution in [2.24, 2.45) is 0 Å². The number of anilines is 1. The van der Waals surface area contributed by atoms with Gasteiger partial charge in [-0.25, -0.2) is 4.98 Å². The number of aromatic nitrogens is 1. The number of piperidine rings is 1. The first-order chi connectivity index (χ1) is 15.1. The number of rotatable bonds is 7. The summed E-state index contributed by atoms with van der Waals surface area (Å²) >= 11 is 1.31. The summed E-state index contributed by atoms with van der Waals surface area (Å²) in [6, 6.07) is 12.3. The molecule has 8 heteroatoms. The number of amides is 2. The molecule has 0 radical (unpaired) electrons. The van der Waals surface area contributed by atoms with Crippen LogP contribution in [0.25, 0.3) is 0 Å². The van der Waals surface area contributed by atoms with Crippen LogP contribution < -0.4 is 10.6 Å². The van der Waals surface area contributed by atoms with Crippen LogP contribution in [0.5, 0.6) is 0 Å². The molecule has 0 saturated carbocycles. The maximum atomic E-state index is 12.5. The van der Waals surface area contributed by atoms with E-state index >= 15 is 0 Å². The van der Waals surface area contributed by atoms with Gasteiger partial charge in [0.1, 0.15) is 5.76 Å². The van der Waals surface area contributed by atoms with Crippen LogP contribution in [0.2, 0.25) is 0 Å². The van der Waals surface area contributed by atoms with Crippen LogP contribution >= 0.6 is 11.3 Å². The molecule has 2 aromatic heterocycles. The minimum absolute atomic E-state index is 0.0321. The number of furan rings is 1. The Hall–Kier alpha value is -2.97. The van der Waals surface area contributed by atoms with Gasteiger partial charge in [0, 0.05) is 31.1 Å². The van der Waals surface area contributed by atoms with Gasteiger partial charge in [0.15, 0.2) is 5.13 Å². The molecule has 2 amide bonds. The average Bonchev–Trinajstić information content (AvgIpc) is 3.39. The Bertz CT molecular complexity index is 1020. The molecule has 7 nitrogen and oxygen atoms in total. The second-order valence-corrected chi connectivity index (χ2v) is 8.63. The quantitative estimate of drug-likeness (QED) is 0.588. The molecule has 3 aromatic rings. The lowest BCUT2D eigenvalue weighted by molar-refractivity contribution is -0.121. The molecule has 31 heavy (non-hydrogen) atoms. The van der Waals surface area contributed by atoms with E-state index in [9.17, 15) is 9.59 Å². The summed E-state index contributed by atoms with van der Waals surface area (Å²) < 4.78 is 5.16. The predicted molar refractivity (Wildman–Crippen MR) is 120 cm³/mol. The molecule has 0 spiro atoms. The Morgan fingerprint density at radius 1 is 1.19 bits per heavy atom. The third kappa shape index (κ3) is 5.80. The van der Waals surface area contributed by atoms with Crippen LogP contribution in [0.4, 0.5) is 5.13 Å². The molecule has 0 aliphatic carbocycles. The zero-order chi connectivity index (χ0) is 21.6. The van der Waals surface area contributed by atoms with Gasteiger partial charge < -0.3 is 9.73 Å². The average molecular weight is 439 g/mol. The van der Waals surface area contributed by atoms with E-state index in [0.29, 0.717) is 22.1 Å². The van der Waals surface area contributed by atoms with Gasteiger partial charge in [-0.15, -0.1) is 11.3 Å². The van der Waals surface area contributed by atoms with E-state index in [1.54, 1.807) is 18.4 Å². The molecule has 0 unspecified atom stereocenters. The summed E-state index contributed by atoms with van der Waals surface area (Å²) in [7, 11) is 0. The van der Waals surface area contributed by atoms with Crippen molar-refractivity contribution in [3.8, 4) is 0 Å². The number of nitrogens with zero attached hydrogens (tertiary/aromatic N) is 2. The Balaban J connectivity index is 1.21. The van der Waals surface area contributed by atoms with Crippen molar-refractivity contribution >= 4 is 28.3 Å². The Morgan fingerprint density at radius 2 is 1.97 bits per heavy atom. The molecule has 0 bridgehead atoms. The van der Waals surface area contributed by atoms with Crippen LogP contribution in [0.3, 0.4) is 0 Å². The topological polar surface area (TPSA) is 87.5 Å². The summed E-state index contributed by atoms with van der Waals surface area (Å²) in [4.78, 5) is 31.5. The fourth-order valence-electron chi connectivity index (χ4n) is 3.75. The third-order valence-corrected chi connectivity index (χ3v) is 6.23. The molecule has 1 saturated heterocycles. The largest absolute Gasteiger partial charge is 0.469 e. The summed E-state index contributed by atoms with van der Waals surface area (Å²) in [5.41, 5.74) is 2.45. The second-order valence-electron chi connectivity index (χ2n) is 7.77. The number of carbonyl (C=O) groups excluding carboxylic acids is 2. The Kier molecular flexibility index (Phi) is 6.79. The van der Waals surface area contributed by atoms with Crippen molar-refractivity contribution in [1.82, 2.24) is 15.2 Å². The highest BCUT2D eigenvalue weighted by Gasteiger charge is 2.21. The van der Waals surface area contributed by atoms with E-state index in [2.05, 4.69) is 44.8 Å². The van der Waals surface area contributed by atoms with Gasteiger partial charge in [0.05, 0.1) is 23.9 Å². The fraction of sp³-hybridized carbons (Fsp3) is 0.348. The molecule has 0 atom stereocenters. The van der Waals surface area contributed by atoms with Crippen molar-refractivity contribution in [1.29, 1.82) is 0 Å². The highest BCUT2D eigenvalue weighted by atomic mass is 32.1. The minimum atomic E-state index is -0.265. The number of thiazole rings is 1. The maximum absolute atomic E-state index is 12.5. The van der Waals surface area contributed by atoms with Crippen LogP contribution in [-0.4, -0.2) is 40.8 Å². The molecule has 1 fully saturated rings. The molecule has 3 heterocycles. The number of hydrogen-bond donors (Lipinski definition) is 2. The number of carbonyl (C=O) groups is 2. The van der Waals surface area contributed by atoms with Crippen molar-refractivity contribution in [2.45, 2.75) is 38.8 Å². The SMILES string of the molecule is Cc1occc1C(=O)Nc1nc(CC(=O)NC2CCN(Cc3ccccc3)CC2)cs1. The lowest BCUT2D eigenvalue weighted by Gasteiger charge is -2.32. The van der Waals surface area contributed by atoms with E-state index < -0.39 is 0 Å². The monoisotopic (exact) mass is 438 g/mol. The Morgan fingerprint density at radius 3 is 2.68 bits per heavy atom. The zero-order valence-corrected chi connectivity index (χ0v) is 18.3. The highest BCUT2D eigenvalue weighted by molar-refractivity contribution is 7.14. The zero-order valence-electron chi connectivity index (χ0n) is 17.5. The van der Waals surface area contributed by atoms with Crippen LogP contribution in [0.15, 0.2) is 52.5 Å². The molecule has 1 aliphatic rings. The van der Waals surface area contributed by atoms with Crippen molar-refractivity contribution < 1.29 is 14.0 Å². The van der Waals surface area contributed by atoms with E-state index in [1.165, 1.54) is 23.2 Å². The van der Waals surface area contributed by atoms with Crippen molar-refractivity contribution in [3.63, 3.8) is 0 Å².